The zero-order valence-electron chi connectivity index (χ0n) is 9.46. The maximum atomic E-state index is 5.91. The van der Waals surface area contributed by atoms with Crippen molar-refractivity contribution >= 4 is 39.0 Å². The van der Waals surface area contributed by atoms with Crippen molar-refractivity contribution in [3.05, 3.63) is 45.3 Å². The molecule has 0 amide bonds. The van der Waals surface area contributed by atoms with E-state index in [2.05, 4.69) is 49.4 Å². The van der Waals surface area contributed by atoms with Gasteiger partial charge in [-0.25, -0.2) is 9.97 Å². The number of aromatic nitrogens is 2. The number of hydrogen-bond acceptors (Lipinski definition) is 3. The molecule has 0 aliphatic carbocycles. The van der Waals surface area contributed by atoms with E-state index in [0.29, 0.717) is 15.4 Å². The summed E-state index contributed by atoms with van der Waals surface area (Å²) in [4.78, 5) is 8.04. The minimum absolute atomic E-state index is 0.396. The van der Waals surface area contributed by atoms with Crippen molar-refractivity contribution in [3.8, 4) is 0 Å². The minimum atomic E-state index is 0.396. The summed E-state index contributed by atoms with van der Waals surface area (Å²) in [6.07, 6.45) is 1.43. The van der Waals surface area contributed by atoms with Gasteiger partial charge >= 0.3 is 0 Å². The van der Waals surface area contributed by atoms with Gasteiger partial charge in [0.2, 0.25) is 0 Å². The Kier molecular flexibility index (Phi) is 3.64. The molecule has 0 atom stereocenters. The molecule has 88 valence electrons. The summed E-state index contributed by atoms with van der Waals surface area (Å²) in [5, 5.41) is 3.64. The molecule has 1 aromatic carbocycles. The molecule has 0 spiro atoms. The number of halogens is 2. The lowest BCUT2D eigenvalue weighted by molar-refractivity contribution is 1.15. The second-order valence-electron chi connectivity index (χ2n) is 3.77. The van der Waals surface area contributed by atoms with Crippen molar-refractivity contribution in [2.75, 3.05) is 5.32 Å². The Bertz CT molecular complexity index is 557. The Labute approximate surface area is 113 Å². The number of benzene rings is 1. The SMILES string of the molecule is Cc1ccc(C)c(Nc2ncnc(Cl)c2Br)c1. The highest BCUT2D eigenvalue weighted by atomic mass is 79.9. The topological polar surface area (TPSA) is 37.8 Å². The molecule has 2 aromatic rings. The molecule has 1 heterocycles. The van der Waals surface area contributed by atoms with Gasteiger partial charge in [0.05, 0.1) is 4.47 Å². The van der Waals surface area contributed by atoms with Crippen LogP contribution >= 0.6 is 27.5 Å². The van der Waals surface area contributed by atoms with Crippen molar-refractivity contribution in [2.45, 2.75) is 13.8 Å². The molecular formula is C12H11BrClN3. The average molecular weight is 313 g/mol. The lowest BCUT2D eigenvalue weighted by Crippen LogP contribution is -1.98. The third-order valence-electron chi connectivity index (χ3n) is 2.39. The van der Waals surface area contributed by atoms with Crippen molar-refractivity contribution in [1.29, 1.82) is 0 Å². The van der Waals surface area contributed by atoms with E-state index in [-0.39, 0.29) is 0 Å². The molecule has 0 saturated heterocycles. The van der Waals surface area contributed by atoms with Crippen LogP contribution in [0.5, 0.6) is 0 Å². The van der Waals surface area contributed by atoms with Crippen LogP contribution < -0.4 is 5.32 Å². The van der Waals surface area contributed by atoms with E-state index in [9.17, 15) is 0 Å². The lowest BCUT2D eigenvalue weighted by atomic mass is 10.1. The highest BCUT2D eigenvalue weighted by Gasteiger charge is 2.08. The molecular weight excluding hydrogens is 302 g/mol. The summed E-state index contributed by atoms with van der Waals surface area (Å²) >= 11 is 9.27. The predicted molar refractivity (Wildman–Crippen MR) is 73.9 cm³/mol. The average Bonchev–Trinajstić information content (AvgIpc) is 2.30. The fourth-order valence-corrected chi connectivity index (χ4v) is 1.87. The van der Waals surface area contributed by atoms with Crippen molar-refractivity contribution in [1.82, 2.24) is 9.97 Å². The molecule has 5 heteroatoms. The fraction of sp³-hybridized carbons (Fsp3) is 0.167. The molecule has 0 saturated carbocycles. The van der Waals surface area contributed by atoms with Crippen LogP contribution in [0.4, 0.5) is 11.5 Å². The van der Waals surface area contributed by atoms with Gasteiger partial charge in [0, 0.05) is 5.69 Å². The van der Waals surface area contributed by atoms with Crippen LogP contribution in [0.1, 0.15) is 11.1 Å². The second kappa shape index (κ2) is 5.02. The van der Waals surface area contributed by atoms with E-state index in [0.717, 1.165) is 11.3 Å². The van der Waals surface area contributed by atoms with Crippen molar-refractivity contribution in [3.63, 3.8) is 0 Å². The molecule has 1 N–H and O–H groups in total. The number of hydrogen-bond donors (Lipinski definition) is 1. The van der Waals surface area contributed by atoms with Gasteiger partial charge in [-0.15, -0.1) is 0 Å². The van der Waals surface area contributed by atoms with Gasteiger partial charge in [-0.05, 0) is 47.0 Å². The molecule has 0 fully saturated rings. The molecule has 0 radical (unpaired) electrons. The highest BCUT2D eigenvalue weighted by Crippen LogP contribution is 2.29. The van der Waals surface area contributed by atoms with Crippen LogP contribution in [0.15, 0.2) is 29.0 Å². The quantitative estimate of drug-likeness (QED) is 0.842. The molecule has 3 nitrogen and oxygen atoms in total. The number of rotatable bonds is 2. The molecule has 0 aliphatic rings. The van der Waals surface area contributed by atoms with Gasteiger partial charge in [0.25, 0.3) is 0 Å². The van der Waals surface area contributed by atoms with Gasteiger partial charge in [0.1, 0.15) is 17.3 Å². The number of nitrogens with one attached hydrogen (secondary N) is 1. The van der Waals surface area contributed by atoms with E-state index >= 15 is 0 Å². The maximum absolute atomic E-state index is 5.91. The Morgan fingerprint density at radius 2 is 2.00 bits per heavy atom. The highest BCUT2D eigenvalue weighted by molar-refractivity contribution is 9.10. The lowest BCUT2D eigenvalue weighted by Gasteiger charge is -2.11. The fourth-order valence-electron chi connectivity index (χ4n) is 1.43. The first-order valence-corrected chi connectivity index (χ1v) is 6.25. The number of anilines is 2. The monoisotopic (exact) mass is 311 g/mol. The van der Waals surface area contributed by atoms with Crippen LogP contribution in [0.2, 0.25) is 5.15 Å². The van der Waals surface area contributed by atoms with E-state index < -0.39 is 0 Å². The minimum Gasteiger partial charge on any atom is -0.339 e. The molecule has 0 unspecified atom stereocenters. The van der Waals surface area contributed by atoms with Crippen molar-refractivity contribution < 1.29 is 0 Å². The van der Waals surface area contributed by atoms with E-state index in [1.165, 1.54) is 11.9 Å². The van der Waals surface area contributed by atoms with Crippen LogP contribution in [0.25, 0.3) is 0 Å². The van der Waals surface area contributed by atoms with E-state index in [4.69, 9.17) is 11.6 Å². The summed E-state index contributed by atoms with van der Waals surface area (Å²) in [5.41, 5.74) is 3.35. The number of aryl methyl sites for hydroxylation is 2. The summed E-state index contributed by atoms with van der Waals surface area (Å²) in [6.45, 7) is 4.09. The summed E-state index contributed by atoms with van der Waals surface area (Å²) < 4.78 is 0.669. The smallest absolute Gasteiger partial charge is 0.149 e. The van der Waals surface area contributed by atoms with Gasteiger partial charge < -0.3 is 5.32 Å². The van der Waals surface area contributed by atoms with Crippen LogP contribution in [0.3, 0.4) is 0 Å². The van der Waals surface area contributed by atoms with E-state index in [1.54, 1.807) is 0 Å². The molecule has 17 heavy (non-hydrogen) atoms. The molecule has 1 aromatic heterocycles. The first kappa shape index (κ1) is 12.3. The standard InChI is InChI=1S/C12H11BrClN3/c1-7-3-4-8(2)9(5-7)17-12-10(13)11(14)15-6-16-12/h3-6H,1-2H3,(H,15,16,17). The zero-order chi connectivity index (χ0) is 12.4. The van der Waals surface area contributed by atoms with Crippen LogP contribution in [-0.2, 0) is 0 Å². The zero-order valence-corrected chi connectivity index (χ0v) is 11.8. The molecule has 0 bridgehead atoms. The van der Waals surface area contributed by atoms with Gasteiger partial charge in [0.15, 0.2) is 0 Å². The number of nitrogens with zero attached hydrogens (tertiary/aromatic N) is 2. The van der Waals surface area contributed by atoms with Crippen LogP contribution in [0, 0.1) is 13.8 Å². The Morgan fingerprint density at radius 1 is 1.24 bits per heavy atom. The van der Waals surface area contributed by atoms with Gasteiger partial charge in [-0.3, -0.25) is 0 Å². The summed E-state index contributed by atoms with van der Waals surface area (Å²) in [6, 6.07) is 6.20. The Morgan fingerprint density at radius 3 is 2.76 bits per heavy atom. The normalized spacial score (nSPS) is 10.4. The van der Waals surface area contributed by atoms with E-state index in [1.807, 2.05) is 13.8 Å². The second-order valence-corrected chi connectivity index (χ2v) is 4.92. The molecule has 0 aliphatic heterocycles. The first-order chi connectivity index (χ1) is 8.08. The predicted octanol–water partition coefficient (Wildman–Crippen LogP) is 4.25. The summed E-state index contributed by atoms with van der Waals surface area (Å²) in [7, 11) is 0. The third-order valence-corrected chi connectivity index (χ3v) is 3.66. The molecule has 2 rings (SSSR count). The Balaban J connectivity index is 2.38. The van der Waals surface area contributed by atoms with Gasteiger partial charge in [-0.2, -0.15) is 0 Å². The summed E-state index contributed by atoms with van der Waals surface area (Å²) in [5.74, 6) is 0.665. The maximum Gasteiger partial charge on any atom is 0.149 e. The van der Waals surface area contributed by atoms with Gasteiger partial charge in [-0.1, -0.05) is 23.7 Å². The van der Waals surface area contributed by atoms with Crippen molar-refractivity contribution in [2.24, 2.45) is 0 Å². The third kappa shape index (κ3) is 2.76. The first-order valence-electron chi connectivity index (χ1n) is 5.08. The van der Waals surface area contributed by atoms with Crippen LogP contribution in [-0.4, -0.2) is 9.97 Å². The Hall–Kier alpha value is -1.13. The largest absolute Gasteiger partial charge is 0.339 e.